The summed E-state index contributed by atoms with van der Waals surface area (Å²) in [7, 11) is 0. The summed E-state index contributed by atoms with van der Waals surface area (Å²) in [5.41, 5.74) is 4.22. The van der Waals surface area contributed by atoms with Crippen LogP contribution in [0.25, 0.3) is 0 Å². The Kier molecular flexibility index (Phi) is 4.50. The smallest absolute Gasteiger partial charge is 0.227 e. The highest BCUT2D eigenvalue weighted by Crippen LogP contribution is 2.53. The molecule has 2 aromatic rings. The molecule has 0 saturated heterocycles. The highest BCUT2D eigenvalue weighted by Gasteiger charge is 2.52. The minimum atomic E-state index is -0.558. The van der Waals surface area contributed by atoms with E-state index >= 15 is 0 Å². The second-order valence-electron chi connectivity index (χ2n) is 9.19. The molecule has 7 heteroatoms. The van der Waals surface area contributed by atoms with Crippen molar-refractivity contribution in [2.45, 2.75) is 51.6 Å². The van der Waals surface area contributed by atoms with Gasteiger partial charge in [0.05, 0.1) is 11.6 Å². The topological polar surface area (TPSA) is 91.6 Å². The molecule has 0 radical (unpaired) electrons. The van der Waals surface area contributed by atoms with Crippen molar-refractivity contribution in [3.63, 3.8) is 0 Å². The van der Waals surface area contributed by atoms with Gasteiger partial charge in [0, 0.05) is 41.3 Å². The summed E-state index contributed by atoms with van der Waals surface area (Å²) in [5, 5.41) is 15.4. The van der Waals surface area contributed by atoms with Gasteiger partial charge in [-0.3, -0.25) is 4.79 Å². The van der Waals surface area contributed by atoms with E-state index in [0.717, 1.165) is 40.9 Å². The average Bonchev–Trinajstić information content (AvgIpc) is 3.21. The summed E-state index contributed by atoms with van der Waals surface area (Å²) < 4.78 is 0. The highest BCUT2D eigenvalue weighted by atomic mass is 16.1. The number of hydrogen-bond acceptors (Lipinski definition) is 7. The Morgan fingerprint density at radius 2 is 1.97 bits per heavy atom. The zero-order chi connectivity index (χ0) is 21.6. The number of nitrogens with zero attached hydrogens (tertiary/aromatic N) is 4. The minimum Gasteiger partial charge on any atom is -0.362 e. The Morgan fingerprint density at radius 1 is 1.16 bits per heavy atom. The molecule has 3 aliphatic rings. The lowest BCUT2D eigenvalue weighted by atomic mass is 9.59. The minimum absolute atomic E-state index is 0.0760. The van der Waals surface area contributed by atoms with E-state index in [2.05, 4.69) is 63.7 Å². The average molecular weight is 415 g/mol. The summed E-state index contributed by atoms with van der Waals surface area (Å²) in [4.78, 5) is 22.1. The predicted octanol–water partition coefficient (Wildman–Crippen LogP) is 4.79. The van der Waals surface area contributed by atoms with E-state index in [9.17, 15) is 4.79 Å². The van der Waals surface area contributed by atoms with Crippen LogP contribution in [0, 0.1) is 5.41 Å². The van der Waals surface area contributed by atoms with Crippen LogP contribution in [-0.2, 0) is 10.2 Å². The van der Waals surface area contributed by atoms with Crippen molar-refractivity contribution in [2.75, 3.05) is 5.32 Å². The summed E-state index contributed by atoms with van der Waals surface area (Å²) in [6, 6.07) is 9.97. The standard InChI is InChI=1S/C24H26N6O/c1-4-24(15-7-5-8-16(11-15)28-22-25-9-6-10-26-22)17-14-27-30-21(17)29-18-12-23(2,3)13-19(31)20(18)24/h5-11,14,21,29H,4,12-13H2,1-3H3,(H,25,26,28). The molecular weight excluding hydrogens is 388 g/mol. The van der Waals surface area contributed by atoms with Crippen molar-refractivity contribution in [1.29, 1.82) is 0 Å². The number of carbonyl (C=O) groups is 1. The number of Topliss-reactive ketones (excluding diaryl/α,β-unsaturated/α-hetero) is 1. The molecule has 1 aromatic carbocycles. The monoisotopic (exact) mass is 414 g/mol. The van der Waals surface area contributed by atoms with Crippen LogP contribution in [0.2, 0.25) is 0 Å². The van der Waals surface area contributed by atoms with Crippen LogP contribution in [0.5, 0.6) is 0 Å². The number of carbonyl (C=O) groups excluding carboxylic acids is 1. The SMILES string of the molecule is CCC1(c2cccc(Nc3ncccn3)c2)C2=CN=NC2NC2=C1C(=O)CC(C)(C)C2. The second kappa shape index (κ2) is 7.11. The lowest BCUT2D eigenvalue weighted by Crippen LogP contribution is -2.51. The van der Waals surface area contributed by atoms with Crippen molar-refractivity contribution in [3.8, 4) is 0 Å². The van der Waals surface area contributed by atoms with Gasteiger partial charge in [0.2, 0.25) is 5.95 Å². The van der Waals surface area contributed by atoms with Gasteiger partial charge in [0.15, 0.2) is 11.9 Å². The Labute approximate surface area is 181 Å². The van der Waals surface area contributed by atoms with Gasteiger partial charge in [-0.15, -0.1) is 0 Å². The fourth-order valence-electron chi connectivity index (χ4n) is 5.25. The predicted molar refractivity (Wildman–Crippen MR) is 119 cm³/mol. The van der Waals surface area contributed by atoms with Crippen LogP contribution in [0.3, 0.4) is 0 Å². The lowest BCUT2D eigenvalue weighted by Gasteiger charge is -2.47. The molecule has 2 unspecified atom stereocenters. The van der Waals surface area contributed by atoms with E-state index in [1.165, 1.54) is 0 Å². The van der Waals surface area contributed by atoms with Crippen LogP contribution in [0.4, 0.5) is 11.6 Å². The Bertz CT molecular complexity index is 1130. The first-order valence-electron chi connectivity index (χ1n) is 10.7. The second-order valence-corrected chi connectivity index (χ2v) is 9.19. The highest BCUT2D eigenvalue weighted by molar-refractivity contribution is 6.01. The molecule has 7 nitrogen and oxygen atoms in total. The molecular formula is C24H26N6O. The number of allylic oxidation sites excluding steroid dienone is 2. The van der Waals surface area contributed by atoms with Gasteiger partial charge in [-0.1, -0.05) is 32.9 Å². The Morgan fingerprint density at radius 3 is 2.74 bits per heavy atom. The van der Waals surface area contributed by atoms with E-state index in [-0.39, 0.29) is 17.4 Å². The molecule has 31 heavy (non-hydrogen) atoms. The van der Waals surface area contributed by atoms with Gasteiger partial charge < -0.3 is 10.6 Å². The number of hydrogen-bond donors (Lipinski definition) is 2. The van der Waals surface area contributed by atoms with Crippen LogP contribution >= 0.6 is 0 Å². The Balaban J connectivity index is 1.66. The quantitative estimate of drug-likeness (QED) is 0.750. The summed E-state index contributed by atoms with van der Waals surface area (Å²) in [6.07, 6.45) is 7.12. The van der Waals surface area contributed by atoms with E-state index in [1.54, 1.807) is 18.5 Å². The maximum atomic E-state index is 13.5. The first-order valence-corrected chi connectivity index (χ1v) is 10.7. The summed E-state index contributed by atoms with van der Waals surface area (Å²) in [5.74, 6) is 0.741. The van der Waals surface area contributed by atoms with E-state index in [0.29, 0.717) is 12.4 Å². The molecule has 1 aromatic heterocycles. The van der Waals surface area contributed by atoms with E-state index in [1.807, 2.05) is 18.3 Å². The number of aromatic nitrogens is 2. The first kappa shape index (κ1) is 19.6. The fourth-order valence-corrected chi connectivity index (χ4v) is 5.25. The first-order chi connectivity index (χ1) is 14.9. The number of azo groups is 1. The largest absolute Gasteiger partial charge is 0.362 e. The molecule has 2 atom stereocenters. The van der Waals surface area contributed by atoms with Crippen molar-refractivity contribution < 1.29 is 4.79 Å². The molecule has 2 N–H and O–H groups in total. The normalized spacial score (nSPS) is 26.1. The lowest BCUT2D eigenvalue weighted by molar-refractivity contribution is -0.119. The number of nitrogens with one attached hydrogen (secondary N) is 2. The van der Waals surface area contributed by atoms with Crippen molar-refractivity contribution in [1.82, 2.24) is 15.3 Å². The zero-order valence-electron chi connectivity index (χ0n) is 18.0. The molecule has 0 saturated carbocycles. The molecule has 0 amide bonds. The maximum absolute atomic E-state index is 13.5. The number of benzene rings is 1. The molecule has 2 aliphatic heterocycles. The molecule has 5 rings (SSSR count). The van der Waals surface area contributed by atoms with Crippen molar-refractivity contribution >= 4 is 17.4 Å². The van der Waals surface area contributed by atoms with Gasteiger partial charge in [0.1, 0.15) is 0 Å². The Hall–Kier alpha value is -3.35. The molecule has 158 valence electrons. The number of rotatable bonds is 4. The van der Waals surface area contributed by atoms with Gasteiger partial charge in [0.25, 0.3) is 0 Å². The summed E-state index contributed by atoms with van der Waals surface area (Å²) >= 11 is 0. The van der Waals surface area contributed by atoms with Crippen molar-refractivity contribution in [2.24, 2.45) is 15.6 Å². The van der Waals surface area contributed by atoms with E-state index in [4.69, 9.17) is 0 Å². The zero-order valence-corrected chi connectivity index (χ0v) is 18.0. The maximum Gasteiger partial charge on any atom is 0.227 e. The number of fused-ring (bicyclic) bond motifs is 1. The van der Waals surface area contributed by atoms with Crippen LogP contribution in [-0.4, -0.2) is 21.9 Å². The van der Waals surface area contributed by atoms with Crippen LogP contribution < -0.4 is 10.6 Å². The van der Waals surface area contributed by atoms with Gasteiger partial charge in [-0.05, 0) is 42.0 Å². The van der Waals surface area contributed by atoms with E-state index < -0.39 is 5.41 Å². The van der Waals surface area contributed by atoms with Crippen LogP contribution in [0.1, 0.15) is 45.6 Å². The molecule has 0 spiro atoms. The molecule has 1 aliphatic carbocycles. The van der Waals surface area contributed by atoms with Gasteiger partial charge >= 0.3 is 0 Å². The molecule has 0 fully saturated rings. The van der Waals surface area contributed by atoms with Crippen LogP contribution in [0.15, 0.2) is 76.0 Å². The summed E-state index contributed by atoms with van der Waals surface area (Å²) in [6.45, 7) is 6.44. The fraction of sp³-hybridized carbons (Fsp3) is 0.375. The molecule has 0 bridgehead atoms. The number of anilines is 2. The third-order valence-electron chi connectivity index (χ3n) is 6.49. The van der Waals surface area contributed by atoms with Gasteiger partial charge in [-0.25, -0.2) is 9.97 Å². The third-order valence-corrected chi connectivity index (χ3v) is 6.49. The number of ketones is 1. The molecule has 3 heterocycles. The van der Waals surface area contributed by atoms with Crippen molar-refractivity contribution in [3.05, 3.63) is 71.3 Å². The van der Waals surface area contributed by atoms with Gasteiger partial charge in [-0.2, -0.15) is 10.2 Å². The third kappa shape index (κ3) is 3.15.